The summed E-state index contributed by atoms with van der Waals surface area (Å²) in [5.74, 6) is 0. The quantitative estimate of drug-likeness (QED) is 0.755. The molecule has 6 nitrogen and oxygen atoms in total. The Hall–Kier alpha value is -1.02. The van der Waals surface area contributed by atoms with Crippen LogP contribution < -0.4 is 0 Å². The van der Waals surface area contributed by atoms with Crippen LogP contribution in [-0.4, -0.2) is 54.6 Å². The number of benzene rings is 1. The van der Waals surface area contributed by atoms with Crippen LogP contribution in [0.1, 0.15) is 11.9 Å². The fraction of sp³-hybridized carbons (Fsp3) is 0.571. The summed E-state index contributed by atoms with van der Waals surface area (Å²) in [6.07, 6.45) is -4.76. The van der Waals surface area contributed by atoms with Crippen molar-refractivity contribution in [2.24, 2.45) is 0 Å². The van der Waals surface area contributed by atoms with Gasteiger partial charge in [0.05, 0.1) is 6.61 Å². The Kier molecular flexibility index (Phi) is 4.02. The summed E-state index contributed by atoms with van der Waals surface area (Å²) in [5.41, 5.74) is 0.863. The maximum absolute atomic E-state index is 10.1. The van der Waals surface area contributed by atoms with Crippen LogP contribution in [0.4, 0.5) is 0 Å². The van der Waals surface area contributed by atoms with E-state index in [2.05, 4.69) is 0 Å². The molecule has 2 aliphatic rings. The van der Waals surface area contributed by atoms with Crippen molar-refractivity contribution in [3.63, 3.8) is 0 Å². The molecule has 6 heteroatoms. The number of ether oxygens (including phenoxy) is 4. The molecule has 0 radical (unpaired) electrons. The number of aliphatic hydroxyl groups is 2. The SMILES string of the molecule is CO[C@@H]1O[C@@H]2[13CH2]OC(c3ccccc3)O[C@@H]2[C@H](O)[C@H]1O. The summed E-state index contributed by atoms with van der Waals surface area (Å²) < 4.78 is 21.9. The van der Waals surface area contributed by atoms with Crippen LogP contribution in [0.2, 0.25) is 0 Å². The molecule has 1 aromatic rings. The summed E-state index contributed by atoms with van der Waals surface area (Å²) in [6, 6.07) is 9.45. The van der Waals surface area contributed by atoms with Crippen molar-refractivity contribution in [3.05, 3.63) is 35.9 Å². The van der Waals surface area contributed by atoms with E-state index in [1.165, 1.54) is 7.11 Å². The molecule has 2 aliphatic heterocycles. The standard InChI is InChI=1S/C14H18O6/c1-17-14-11(16)10(15)12-9(19-14)7-18-13(20-12)8-5-3-2-4-6-8/h2-6,9-16H,7H2,1H3/t9-,10-,11-,12+,13?,14-/m1/s1/i7+1. The van der Waals surface area contributed by atoms with Crippen molar-refractivity contribution < 1.29 is 29.2 Å². The van der Waals surface area contributed by atoms with Crippen LogP contribution in [0.3, 0.4) is 0 Å². The van der Waals surface area contributed by atoms with Gasteiger partial charge in [-0.05, 0) is 0 Å². The van der Waals surface area contributed by atoms with E-state index in [9.17, 15) is 10.2 Å². The van der Waals surface area contributed by atoms with Gasteiger partial charge in [0.25, 0.3) is 0 Å². The van der Waals surface area contributed by atoms with Crippen molar-refractivity contribution in [1.29, 1.82) is 0 Å². The summed E-state index contributed by atoms with van der Waals surface area (Å²) in [4.78, 5) is 0. The molecule has 0 aromatic heterocycles. The first kappa shape index (κ1) is 13.9. The van der Waals surface area contributed by atoms with Gasteiger partial charge in [-0.1, -0.05) is 30.3 Å². The molecule has 2 saturated heterocycles. The predicted octanol–water partition coefficient (Wildman–Crippen LogP) is 0.194. The predicted molar refractivity (Wildman–Crippen MR) is 67.7 cm³/mol. The van der Waals surface area contributed by atoms with Crippen molar-refractivity contribution in [2.45, 2.75) is 37.0 Å². The van der Waals surface area contributed by atoms with Gasteiger partial charge in [-0.3, -0.25) is 0 Å². The summed E-state index contributed by atoms with van der Waals surface area (Å²) >= 11 is 0. The second kappa shape index (κ2) is 5.77. The van der Waals surface area contributed by atoms with Crippen LogP contribution in [0.15, 0.2) is 30.3 Å². The van der Waals surface area contributed by atoms with Gasteiger partial charge < -0.3 is 29.2 Å². The number of hydrogen-bond acceptors (Lipinski definition) is 6. The average molecular weight is 283 g/mol. The number of aliphatic hydroxyl groups excluding tert-OH is 2. The lowest BCUT2D eigenvalue weighted by atomic mass is 10.0. The van der Waals surface area contributed by atoms with Crippen molar-refractivity contribution in [1.82, 2.24) is 0 Å². The highest BCUT2D eigenvalue weighted by molar-refractivity contribution is 5.16. The second-order valence-electron chi connectivity index (χ2n) is 4.94. The molecule has 2 heterocycles. The maximum Gasteiger partial charge on any atom is 0.186 e. The normalized spacial score (nSPS) is 41.1. The summed E-state index contributed by atoms with van der Waals surface area (Å²) in [7, 11) is 1.41. The van der Waals surface area contributed by atoms with E-state index >= 15 is 0 Å². The zero-order chi connectivity index (χ0) is 14.1. The highest BCUT2D eigenvalue weighted by Gasteiger charge is 2.48. The van der Waals surface area contributed by atoms with E-state index in [0.717, 1.165) is 5.56 Å². The minimum absolute atomic E-state index is 0.272. The molecule has 3 rings (SSSR count). The second-order valence-corrected chi connectivity index (χ2v) is 4.94. The largest absolute Gasteiger partial charge is 0.387 e. The molecule has 1 unspecified atom stereocenters. The fourth-order valence-electron chi connectivity index (χ4n) is 2.55. The minimum Gasteiger partial charge on any atom is -0.387 e. The number of rotatable bonds is 2. The average Bonchev–Trinajstić information content (AvgIpc) is 2.51. The van der Waals surface area contributed by atoms with Crippen LogP contribution in [0.5, 0.6) is 0 Å². The Morgan fingerprint density at radius 2 is 1.85 bits per heavy atom. The highest BCUT2D eigenvalue weighted by Crippen LogP contribution is 2.33. The van der Waals surface area contributed by atoms with Crippen molar-refractivity contribution >= 4 is 0 Å². The van der Waals surface area contributed by atoms with Crippen molar-refractivity contribution in [3.8, 4) is 0 Å². The smallest absolute Gasteiger partial charge is 0.186 e. The first-order valence-corrected chi connectivity index (χ1v) is 6.57. The molecular weight excluding hydrogens is 265 g/mol. The molecule has 2 fully saturated rings. The van der Waals surface area contributed by atoms with Crippen LogP contribution >= 0.6 is 0 Å². The first-order chi connectivity index (χ1) is 9.70. The van der Waals surface area contributed by atoms with E-state index in [4.69, 9.17) is 18.9 Å². The molecule has 0 amide bonds. The fourth-order valence-corrected chi connectivity index (χ4v) is 2.55. The van der Waals surface area contributed by atoms with E-state index in [1.807, 2.05) is 30.3 Å². The molecule has 6 atom stereocenters. The highest BCUT2D eigenvalue weighted by atomic mass is 16.8. The molecule has 0 saturated carbocycles. The first-order valence-electron chi connectivity index (χ1n) is 6.57. The van der Waals surface area contributed by atoms with E-state index < -0.39 is 37.0 Å². The lowest BCUT2D eigenvalue weighted by Crippen LogP contribution is -2.62. The molecule has 0 bridgehead atoms. The molecule has 20 heavy (non-hydrogen) atoms. The van der Waals surface area contributed by atoms with Crippen LogP contribution in [0, 0.1) is 0 Å². The Bertz CT molecular complexity index is 437. The van der Waals surface area contributed by atoms with Gasteiger partial charge in [-0.15, -0.1) is 0 Å². The topological polar surface area (TPSA) is 77.4 Å². The van der Waals surface area contributed by atoms with E-state index in [1.54, 1.807) is 0 Å². The van der Waals surface area contributed by atoms with Gasteiger partial charge in [-0.25, -0.2) is 0 Å². The van der Waals surface area contributed by atoms with Gasteiger partial charge in [0.15, 0.2) is 12.6 Å². The van der Waals surface area contributed by atoms with Gasteiger partial charge in [-0.2, -0.15) is 0 Å². The molecule has 2 N–H and O–H groups in total. The zero-order valence-electron chi connectivity index (χ0n) is 11.1. The monoisotopic (exact) mass is 283 g/mol. The third-order valence-corrected chi connectivity index (χ3v) is 3.64. The maximum atomic E-state index is 10.1. The third kappa shape index (κ3) is 2.46. The van der Waals surface area contributed by atoms with Gasteiger partial charge in [0.2, 0.25) is 0 Å². The van der Waals surface area contributed by atoms with Gasteiger partial charge in [0.1, 0.15) is 24.4 Å². The van der Waals surface area contributed by atoms with E-state index in [0.29, 0.717) is 0 Å². The Morgan fingerprint density at radius 1 is 1.10 bits per heavy atom. The lowest BCUT2D eigenvalue weighted by molar-refractivity contribution is -0.358. The van der Waals surface area contributed by atoms with Gasteiger partial charge >= 0.3 is 0 Å². The number of fused-ring (bicyclic) bond motifs is 1. The molecular formula is C14H18O6. The van der Waals surface area contributed by atoms with E-state index in [-0.39, 0.29) is 6.61 Å². The Morgan fingerprint density at radius 3 is 2.55 bits per heavy atom. The van der Waals surface area contributed by atoms with Gasteiger partial charge in [0, 0.05) is 12.7 Å². The molecule has 0 aliphatic carbocycles. The lowest BCUT2D eigenvalue weighted by Gasteiger charge is -2.45. The molecule has 110 valence electrons. The summed E-state index contributed by atoms with van der Waals surface area (Å²) in [5, 5.41) is 20.1. The number of hydrogen-bond donors (Lipinski definition) is 2. The van der Waals surface area contributed by atoms with Crippen LogP contribution in [-0.2, 0) is 18.9 Å². The Balaban J connectivity index is 1.74. The Labute approximate surface area is 116 Å². The molecule has 0 spiro atoms. The van der Waals surface area contributed by atoms with Crippen molar-refractivity contribution in [2.75, 3.05) is 13.7 Å². The zero-order valence-corrected chi connectivity index (χ0v) is 11.1. The van der Waals surface area contributed by atoms with Crippen LogP contribution in [0.25, 0.3) is 0 Å². The minimum atomic E-state index is -1.14. The number of methoxy groups -OCH3 is 1. The summed E-state index contributed by atoms with van der Waals surface area (Å²) in [6.45, 7) is 0.272. The molecule has 1 aromatic carbocycles. The third-order valence-electron chi connectivity index (χ3n) is 3.64.